The summed E-state index contributed by atoms with van der Waals surface area (Å²) in [6.45, 7) is 2.89. The van der Waals surface area contributed by atoms with Crippen molar-refractivity contribution in [3.8, 4) is 0 Å². The summed E-state index contributed by atoms with van der Waals surface area (Å²) >= 11 is 0. The lowest BCUT2D eigenvalue weighted by Gasteiger charge is -2.25. The maximum absolute atomic E-state index is 12.6. The molecule has 3 aromatic rings. The molecule has 28 heavy (non-hydrogen) atoms. The molecule has 0 bridgehead atoms. The van der Waals surface area contributed by atoms with Gasteiger partial charge < -0.3 is 20.4 Å². The molecule has 0 aliphatic carbocycles. The van der Waals surface area contributed by atoms with Crippen LogP contribution in [0.4, 0.5) is 0 Å². The number of carbonyl (C=O) groups is 2. The van der Waals surface area contributed by atoms with Crippen LogP contribution >= 0.6 is 0 Å². The molecule has 1 aromatic carbocycles. The number of carbonyl (C=O) groups excluding carboxylic acids is 2. The molecule has 2 aromatic heterocycles. The van der Waals surface area contributed by atoms with Gasteiger partial charge in [0, 0.05) is 19.3 Å². The van der Waals surface area contributed by atoms with E-state index in [2.05, 4.69) is 10.3 Å². The number of aryl methyl sites for hydroxylation is 1. The second-order valence-corrected chi connectivity index (χ2v) is 7.24. The molecular formula is C21H23N5O2. The van der Waals surface area contributed by atoms with E-state index < -0.39 is 17.4 Å². The van der Waals surface area contributed by atoms with Crippen LogP contribution in [0.25, 0.3) is 5.52 Å². The second-order valence-electron chi connectivity index (χ2n) is 7.24. The summed E-state index contributed by atoms with van der Waals surface area (Å²) < 4.78 is 1.95. The minimum Gasteiger partial charge on any atom is -0.342 e. The van der Waals surface area contributed by atoms with Gasteiger partial charge in [0.25, 0.3) is 0 Å². The molecular weight excluding hydrogens is 354 g/mol. The van der Waals surface area contributed by atoms with Gasteiger partial charge in [-0.25, -0.2) is 4.98 Å². The van der Waals surface area contributed by atoms with E-state index in [0.29, 0.717) is 19.5 Å². The highest BCUT2D eigenvalue weighted by Gasteiger charge is 2.39. The lowest BCUT2D eigenvalue weighted by molar-refractivity contribution is -0.145. The summed E-state index contributed by atoms with van der Waals surface area (Å²) in [5, 5.41) is 2.70. The van der Waals surface area contributed by atoms with Crippen LogP contribution in [-0.2, 0) is 21.7 Å². The SMILES string of the molecule is Cc1nc(CNC(=O)C(=O)N2CCC(N)(c3ccccc3)C2)c2ccccn12. The summed E-state index contributed by atoms with van der Waals surface area (Å²) in [4.78, 5) is 31.0. The zero-order chi connectivity index (χ0) is 19.7. The highest BCUT2D eigenvalue weighted by Crippen LogP contribution is 2.29. The van der Waals surface area contributed by atoms with Crippen LogP contribution in [-0.4, -0.2) is 39.2 Å². The van der Waals surface area contributed by atoms with Crippen LogP contribution < -0.4 is 11.1 Å². The Kier molecular flexibility index (Phi) is 4.60. The summed E-state index contributed by atoms with van der Waals surface area (Å²) in [7, 11) is 0. The van der Waals surface area contributed by atoms with Crippen LogP contribution in [0.5, 0.6) is 0 Å². The van der Waals surface area contributed by atoms with Crippen molar-refractivity contribution in [2.75, 3.05) is 13.1 Å². The number of nitrogens with one attached hydrogen (secondary N) is 1. The van der Waals surface area contributed by atoms with E-state index in [1.54, 1.807) is 0 Å². The number of nitrogens with two attached hydrogens (primary N) is 1. The van der Waals surface area contributed by atoms with Crippen LogP contribution in [0.1, 0.15) is 23.5 Å². The first-order valence-electron chi connectivity index (χ1n) is 9.32. The molecule has 3 heterocycles. The van der Waals surface area contributed by atoms with Crippen molar-refractivity contribution in [3.05, 3.63) is 71.8 Å². The Morgan fingerprint density at radius 2 is 1.93 bits per heavy atom. The van der Waals surface area contributed by atoms with Crippen molar-refractivity contribution in [2.24, 2.45) is 5.73 Å². The first-order chi connectivity index (χ1) is 13.5. The fourth-order valence-electron chi connectivity index (χ4n) is 3.79. The van der Waals surface area contributed by atoms with E-state index >= 15 is 0 Å². The highest BCUT2D eigenvalue weighted by molar-refractivity contribution is 6.35. The fraction of sp³-hybridized carbons (Fsp3) is 0.286. The molecule has 2 amide bonds. The number of fused-ring (bicyclic) bond motifs is 1. The lowest BCUT2D eigenvalue weighted by atomic mass is 9.90. The number of amides is 2. The van der Waals surface area contributed by atoms with Crippen molar-refractivity contribution in [1.82, 2.24) is 19.6 Å². The van der Waals surface area contributed by atoms with Crippen molar-refractivity contribution in [1.29, 1.82) is 0 Å². The van der Waals surface area contributed by atoms with Crippen LogP contribution in [0, 0.1) is 6.92 Å². The molecule has 3 N–H and O–H groups in total. The number of pyridine rings is 1. The molecule has 4 rings (SSSR count). The van der Waals surface area contributed by atoms with E-state index in [1.807, 2.05) is 66.1 Å². The summed E-state index contributed by atoms with van der Waals surface area (Å²) in [5.74, 6) is -0.350. The minimum absolute atomic E-state index is 0.201. The number of benzene rings is 1. The Labute approximate surface area is 163 Å². The molecule has 0 spiro atoms. The number of aromatic nitrogens is 2. The van der Waals surface area contributed by atoms with Gasteiger partial charge in [0.05, 0.1) is 23.3 Å². The van der Waals surface area contributed by atoms with Gasteiger partial charge in [0.2, 0.25) is 0 Å². The Morgan fingerprint density at radius 1 is 1.18 bits per heavy atom. The molecule has 7 nitrogen and oxygen atoms in total. The predicted molar refractivity (Wildman–Crippen MR) is 105 cm³/mol. The molecule has 1 atom stereocenters. The standard InChI is InChI=1S/C21H23N5O2/c1-15-24-17(18-9-5-6-11-26(15)18)13-23-19(27)20(28)25-12-10-21(22,14-25)16-7-3-2-4-8-16/h2-9,11H,10,12-14,22H2,1H3,(H,23,27). The fourth-order valence-corrected chi connectivity index (χ4v) is 3.79. The van der Waals surface area contributed by atoms with Gasteiger partial charge in [-0.15, -0.1) is 0 Å². The zero-order valence-electron chi connectivity index (χ0n) is 15.8. The van der Waals surface area contributed by atoms with Crippen molar-refractivity contribution in [3.63, 3.8) is 0 Å². The van der Waals surface area contributed by atoms with Gasteiger partial charge >= 0.3 is 11.8 Å². The van der Waals surface area contributed by atoms with Crippen molar-refractivity contribution in [2.45, 2.75) is 25.4 Å². The quantitative estimate of drug-likeness (QED) is 0.674. The van der Waals surface area contributed by atoms with Crippen LogP contribution in [0.2, 0.25) is 0 Å². The van der Waals surface area contributed by atoms with Crippen LogP contribution in [0.3, 0.4) is 0 Å². The average Bonchev–Trinajstić information content (AvgIpc) is 3.28. The third kappa shape index (κ3) is 3.25. The summed E-state index contributed by atoms with van der Waals surface area (Å²) in [6.07, 6.45) is 2.55. The largest absolute Gasteiger partial charge is 0.342 e. The molecule has 1 saturated heterocycles. The molecule has 1 aliphatic heterocycles. The third-order valence-corrected chi connectivity index (χ3v) is 5.35. The topological polar surface area (TPSA) is 92.7 Å². The number of hydrogen-bond donors (Lipinski definition) is 2. The van der Waals surface area contributed by atoms with Crippen molar-refractivity contribution >= 4 is 17.3 Å². The Hall–Kier alpha value is -3.19. The Bertz CT molecular complexity index is 1030. The second kappa shape index (κ2) is 7.09. The smallest absolute Gasteiger partial charge is 0.311 e. The summed E-state index contributed by atoms with van der Waals surface area (Å²) in [6, 6.07) is 15.5. The van der Waals surface area contributed by atoms with Gasteiger partial charge in [-0.3, -0.25) is 9.59 Å². The van der Waals surface area contributed by atoms with E-state index in [0.717, 1.165) is 22.6 Å². The Balaban J connectivity index is 1.41. The monoisotopic (exact) mass is 377 g/mol. The first kappa shape index (κ1) is 18.2. The van der Waals surface area contributed by atoms with E-state index in [4.69, 9.17) is 5.73 Å². The number of hydrogen-bond acceptors (Lipinski definition) is 4. The molecule has 0 radical (unpaired) electrons. The highest BCUT2D eigenvalue weighted by atomic mass is 16.2. The number of nitrogens with zero attached hydrogens (tertiary/aromatic N) is 3. The van der Waals surface area contributed by atoms with Crippen LogP contribution in [0.15, 0.2) is 54.7 Å². The molecule has 7 heteroatoms. The predicted octanol–water partition coefficient (Wildman–Crippen LogP) is 1.35. The molecule has 0 saturated carbocycles. The van der Waals surface area contributed by atoms with Gasteiger partial charge in [-0.1, -0.05) is 36.4 Å². The third-order valence-electron chi connectivity index (χ3n) is 5.35. The van der Waals surface area contributed by atoms with Gasteiger partial charge in [0.1, 0.15) is 5.82 Å². The van der Waals surface area contributed by atoms with E-state index in [9.17, 15) is 9.59 Å². The zero-order valence-corrected chi connectivity index (χ0v) is 15.8. The van der Waals surface area contributed by atoms with E-state index in [1.165, 1.54) is 4.90 Å². The molecule has 1 fully saturated rings. The maximum atomic E-state index is 12.6. The minimum atomic E-state index is -0.632. The van der Waals surface area contributed by atoms with Crippen molar-refractivity contribution < 1.29 is 9.59 Å². The normalized spacial score (nSPS) is 19.1. The van der Waals surface area contributed by atoms with Gasteiger partial charge in [-0.05, 0) is 31.0 Å². The molecule has 1 unspecified atom stereocenters. The molecule has 144 valence electrons. The van der Waals surface area contributed by atoms with Gasteiger partial charge in [-0.2, -0.15) is 0 Å². The summed E-state index contributed by atoms with van der Waals surface area (Å²) in [5.41, 5.74) is 8.51. The number of likely N-dealkylation sites (tertiary alicyclic amines) is 1. The number of rotatable bonds is 3. The lowest BCUT2D eigenvalue weighted by Crippen LogP contribution is -2.45. The van der Waals surface area contributed by atoms with E-state index in [-0.39, 0.29) is 6.54 Å². The Morgan fingerprint density at radius 3 is 2.71 bits per heavy atom. The number of imidazole rings is 1. The van der Waals surface area contributed by atoms with Gasteiger partial charge in [0.15, 0.2) is 0 Å². The maximum Gasteiger partial charge on any atom is 0.311 e. The first-order valence-corrected chi connectivity index (χ1v) is 9.32. The molecule has 1 aliphatic rings. The average molecular weight is 377 g/mol.